The van der Waals surface area contributed by atoms with Crippen molar-refractivity contribution in [3.8, 4) is 0 Å². The molecule has 10 heteroatoms. The van der Waals surface area contributed by atoms with Gasteiger partial charge in [-0.25, -0.2) is 0 Å². The first-order chi connectivity index (χ1) is 16.8. The van der Waals surface area contributed by atoms with E-state index in [2.05, 4.69) is 0 Å². The molecule has 6 unspecified atom stereocenters. The van der Waals surface area contributed by atoms with Crippen LogP contribution in [-0.2, 0) is 28.5 Å². The van der Waals surface area contributed by atoms with Crippen LogP contribution in [0.1, 0.15) is 19.3 Å². The Balaban J connectivity index is 1.73. The van der Waals surface area contributed by atoms with Crippen LogP contribution in [-0.4, -0.2) is 123 Å². The number of aliphatic hydroxyl groups excluding tert-OH is 2. The Morgan fingerprint density at radius 1 is 1.06 bits per heavy atom. The van der Waals surface area contributed by atoms with Crippen molar-refractivity contribution in [2.75, 3.05) is 48.7 Å². The Hall–Kier alpha value is -0.850. The first-order valence-corrected chi connectivity index (χ1v) is 12.7. The van der Waals surface area contributed by atoms with Crippen molar-refractivity contribution in [2.45, 2.75) is 67.0 Å². The van der Waals surface area contributed by atoms with Crippen LogP contribution >= 0.6 is 0 Å². The van der Waals surface area contributed by atoms with E-state index in [0.29, 0.717) is 25.8 Å². The molecule has 0 aromatic carbocycles. The SMILES string of the molecule is COC1C2C3C[C@@H]1[C@@H](OC)[C@@H](O)[C@]2(OC)[C@]1(O)C(OC)C2[C@@]4(CO)CC[C@H](OC)[C@@]32C1N(C=O)C4. The Morgan fingerprint density at radius 2 is 1.77 bits per heavy atom. The molecule has 1 aliphatic heterocycles. The number of piperidine rings is 1. The zero-order valence-electron chi connectivity index (χ0n) is 21.1. The summed E-state index contributed by atoms with van der Waals surface area (Å²) in [6.45, 7) is 0.168. The molecule has 1 saturated heterocycles. The second-order valence-electron chi connectivity index (χ2n) is 11.8. The lowest BCUT2D eigenvalue weighted by Crippen LogP contribution is -2.85. The molecule has 0 aromatic rings. The van der Waals surface area contributed by atoms with Crippen LogP contribution in [0.15, 0.2) is 0 Å². The summed E-state index contributed by atoms with van der Waals surface area (Å²) in [7, 11) is 7.97. The molecule has 35 heavy (non-hydrogen) atoms. The molecular weight excluding hydrogens is 458 g/mol. The molecule has 6 rings (SSSR count). The van der Waals surface area contributed by atoms with E-state index < -0.39 is 46.4 Å². The third kappa shape index (κ3) is 2.19. The van der Waals surface area contributed by atoms with E-state index in [-0.39, 0.29) is 42.5 Å². The molecule has 5 saturated carbocycles. The summed E-state index contributed by atoms with van der Waals surface area (Å²) in [5.74, 6) is -0.931. The largest absolute Gasteiger partial charge is 0.396 e. The number of likely N-dealkylation sites (tertiary alicyclic amines) is 1. The number of hydrogen-bond acceptors (Lipinski definition) is 9. The van der Waals surface area contributed by atoms with Gasteiger partial charge in [-0.3, -0.25) is 4.79 Å². The summed E-state index contributed by atoms with van der Waals surface area (Å²) in [4.78, 5) is 14.4. The standard InChI is InChI=1S/C25H39NO9/c1-31-14-6-7-22(10-27)9-26(11-28)21-23(14)13-8-12-16(32-2)15(13)25(35-5,19(29)17(12)33-3)24(21,30)20(34-4)18(22)23/h11-21,27,29-30H,6-10H2,1-5H3/t12-,13?,14-,15?,16?,17+,18?,19+,20?,21?,22-,23-,24-,25-/m0/s1. The van der Waals surface area contributed by atoms with E-state index in [1.807, 2.05) is 0 Å². The Labute approximate surface area is 205 Å². The summed E-state index contributed by atoms with van der Waals surface area (Å²) in [6.07, 6.45) is -0.448. The van der Waals surface area contributed by atoms with Crippen molar-refractivity contribution in [3.63, 3.8) is 0 Å². The van der Waals surface area contributed by atoms with E-state index in [1.165, 1.54) is 7.11 Å². The molecule has 6 fully saturated rings. The highest BCUT2D eigenvalue weighted by molar-refractivity contribution is 5.55. The van der Waals surface area contributed by atoms with E-state index in [0.717, 1.165) is 6.41 Å². The average molecular weight is 498 g/mol. The molecule has 1 amide bonds. The fourth-order valence-electron chi connectivity index (χ4n) is 11.2. The second-order valence-corrected chi connectivity index (χ2v) is 11.8. The van der Waals surface area contributed by atoms with Crippen molar-refractivity contribution in [1.82, 2.24) is 4.90 Å². The maximum absolute atomic E-state index is 13.1. The molecule has 5 aliphatic carbocycles. The lowest BCUT2D eigenvalue weighted by molar-refractivity contribution is -0.350. The molecule has 1 heterocycles. The number of carbonyl (C=O) groups is 1. The monoisotopic (exact) mass is 497 g/mol. The van der Waals surface area contributed by atoms with Gasteiger partial charge in [0, 0.05) is 70.7 Å². The normalized spacial score (nSPS) is 59.6. The number of methoxy groups -OCH3 is 5. The van der Waals surface area contributed by atoms with Crippen molar-refractivity contribution in [2.24, 2.45) is 34.5 Å². The van der Waals surface area contributed by atoms with Gasteiger partial charge in [0.15, 0.2) is 0 Å². The third-order valence-corrected chi connectivity index (χ3v) is 11.7. The first kappa shape index (κ1) is 24.5. The van der Waals surface area contributed by atoms with Crippen molar-refractivity contribution < 1.29 is 43.8 Å². The number of ether oxygens (including phenoxy) is 5. The Morgan fingerprint density at radius 3 is 2.31 bits per heavy atom. The van der Waals surface area contributed by atoms with E-state index in [4.69, 9.17) is 23.7 Å². The van der Waals surface area contributed by atoms with Gasteiger partial charge in [-0.1, -0.05) is 0 Å². The number of nitrogens with zero attached hydrogens (tertiary/aromatic N) is 1. The predicted molar refractivity (Wildman–Crippen MR) is 120 cm³/mol. The van der Waals surface area contributed by atoms with Crippen molar-refractivity contribution in [1.29, 1.82) is 0 Å². The van der Waals surface area contributed by atoms with Crippen molar-refractivity contribution >= 4 is 6.41 Å². The summed E-state index contributed by atoms with van der Waals surface area (Å²) < 4.78 is 30.7. The minimum atomic E-state index is -1.80. The van der Waals surface area contributed by atoms with Crippen LogP contribution in [0.25, 0.3) is 0 Å². The fourth-order valence-corrected chi connectivity index (χ4v) is 11.2. The molecule has 198 valence electrons. The lowest BCUT2D eigenvalue weighted by atomic mass is 9.42. The zero-order chi connectivity index (χ0) is 25.1. The Kier molecular flexibility index (Phi) is 5.32. The molecule has 6 aliphatic rings. The van der Waals surface area contributed by atoms with Gasteiger partial charge in [-0.05, 0) is 25.2 Å². The van der Waals surface area contributed by atoms with Gasteiger partial charge in [0.05, 0.1) is 37.1 Å². The van der Waals surface area contributed by atoms with E-state index in [1.54, 1.807) is 33.3 Å². The van der Waals surface area contributed by atoms with Crippen LogP contribution in [0.5, 0.6) is 0 Å². The third-order valence-electron chi connectivity index (χ3n) is 11.7. The molecule has 3 N–H and O–H groups in total. The smallest absolute Gasteiger partial charge is 0.210 e. The maximum atomic E-state index is 13.1. The number of rotatable bonds is 7. The second kappa shape index (κ2) is 7.60. The number of carbonyl (C=O) groups excluding carboxylic acids is 1. The lowest BCUT2D eigenvalue weighted by Gasteiger charge is -2.70. The van der Waals surface area contributed by atoms with Crippen LogP contribution < -0.4 is 0 Å². The molecule has 7 bridgehead atoms. The minimum Gasteiger partial charge on any atom is -0.396 e. The molecule has 1 spiro atoms. The summed E-state index contributed by atoms with van der Waals surface area (Å²) in [5, 5.41) is 36.0. The van der Waals surface area contributed by atoms with Crippen molar-refractivity contribution in [3.05, 3.63) is 0 Å². The number of hydrogen-bond donors (Lipinski definition) is 3. The first-order valence-electron chi connectivity index (χ1n) is 12.7. The van der Waals surface area contributed by atoms with E-state index in [9.17, 15) is 20.1 Å². The summed E-state index contributed by atoms with van der Waals surface area (Å²) in [6, 6.07) is -0.727. The molecule has 14 atom stereocenters. The van der Waals surface area contributed by atoms with Gasteiger partial charge in [0.2, 0.25) is 6.41 Å². The predicted octanol–water partition coefficient (Wildman–Crippen LogP) is -0.968. The summed E-state index contributed by atoms with van der Waals surface area (Å²) >= 11 is 0. The van der Waals surface area contributed by atoms with Gasteiger partial charge >= 0.3 is 0 Å². The number of amides is 1. The minimum absolute atomic E-state index is 0.120. The van der Waals surface area contributed by atoms with Crippen LogP contribution in [0.3, 0.4) is 0 Å². The molecule has 10 nitrogen and oxygen atoms in total. The van der Waals surface area contributed by atoms with Gasteiger partial charge in [0.1, 0.15) is 17.3 Å². The summed E-state index contributed by atoms with van der Waals surface area (Å²) in [5.41, 5.74) is -4.71. The van der Waals surface area contributed by atoms with Gasteiger partial charge in [0.25, 0.3) is 0 Å². The Bertz CT molecular complexity index is 891. The highest BCUT2D eigenvalue weighted by Crippen LogP contribution is 2.80. The molecule has 0 radical (unpaired) electrons. The molecular formula is C25H39NO9. The number of fused-ring (bicyclic) bond motifs is 2. The maximum Gasteiger partial charge on any atom is 0.210 e. The fraction of sp³-hybridized carbons (Fsp3) is 0.960. The van der Waals surface area contributed by atoms with Crippen LogP contribution in [0.4, 0.5) is 0 Å². The highest BCUT2D eigenvalue weighted by atomic mass is 16.6. The highest BCUT2D eigenvalue weighted by Gasteiger charge is 2.93. The average Bonchev–Trinajstić information content (AvgIpc) is 3.27. The van der Waals surface area contributed by atoms with Crippen LogP contribution in [0, 0.1) is 34.5 Å². The number of aliphatic hydroxyl groups is 3. The van der Waals surface area contributed by atoms with E-state index >= 15 is 0 Å². The van der Waals surface area contributed by atoms with Gasteiger partial charge in [-0.15, -0.1) is 0 Å². The van der Waals surface area contributed by atoms with Crippen LogP contribution in [0.2, 0.25) is 0 Å². The van der Waals surface area contributed by atoms with Gasteiger partial charge < -0.3 is 43.9 Å². The molecule has 0 aromatic heterocycles. The quantitative estimate of drug-likeness (QED) is 0.381. The topological polar surface area (TPSA) is 127 Å². The zero-order valence-corrected chi connectivity index (χ0v) is 21.1. The van der Waals surface area contributed by atoms with Gasteiger partial charge in [-0.2, -0.15) is 0 Å².